The molecule has 1 aromatic heterocycles. The highest BCUT2D eigenvalue weighted by Crippen LogP contribution is 2.22. The van der Waals surface area contributed by atoms with Crippen LogP contribution in [-0.4, -0.2) is 23.3 Å². The summed E-state index contributed by atoms with van der Waals surface area (Å²) in [5, 5.41) is 4.15. The molecule has 0 aliphatic heterocycles. The highest BCUT2D eigenvalue weighted by Gasteiger charge is 2.10. The first-order chi connectivity index (χ1) is 13.5. The second kappa shape index (κ2) is 8.57. The van der Waals surface area contributed by atoms with Gasteiger partial charge in [0.1, 0.15) is 5.75 Å². The van der Waals surface area contributed by atoms with Gasteiger partial charge in [-0.1, -0.05) is 18.2 Å². The van der Waals surface area contributed by atoms with E-state index in [1.807, 2.05) is 70.2 Å². The molecule has 0 aliphatic carbocycles. The number of carbonyl (C=O) groups is 1. The Morgan fingerprint density at radius 2 is 1.82 bits per heavy atom. The molecule has 1 N–H and O–H groups in total. The fraction of sp³-hybridized carbons (Fsp3) is 0.217. The molecule has 0 spiro atoms. The molecule has 0 radical (unpaired) electrons. The van der Waals surface area contributed by atoms with E-state index >= 15 is 0 Å². The van der Waals surface area contributed by atoms with Crippen molar-refractivity contribution in [2.45, 2.75) is 27.7 Å². The van der Waals surface area contributed by atoms with Gasteiger partial charge < -0.3 is 9.30 Å². The quantitative estimate of drug-likeness (QED) is 0.507. The molecular weight excluding hydrogens is 350 g/mol. The predicted octanol–water partition coefficient (Wildman–Crippen LogP) is 4.57. The number of ether oxygens (including phenoxy) is 1. The van der Waals surface area contributed by atoms with Crippen molar-refractivity contribution < 1.29 is 9.53 Å². The average Bonchev–Trinajstić information content (AvgIpc) is 2.96. The number of hydrogen-bond acceptors (Lipinski definition) is 3. The molecule has 0 saturated carbocycles. The molecule has 5 nitrogen and oxygen atoms in total. The van der Waals surface area contributed by atoms with Gasteiger partial charge in [-0.15, -0.1) is 0 Å². The molecule has 144 valence electrons. The maximum Gasteiger partial charge on any atom is 0.271 e. The first-order valence-electron chi connectivity index (χ1n) is 9.32. The van der Waals surface area contributed by atoms with E-state index in [0.717, 1.165) is 34.0 Å². The molecule has 1 amide bonds. The monoisotopic (exact) mass is 375 g/mol. The predicted molar refractivity (Wildman–Crippen MR) is 113 cm³/mol. The Labute approximate surface area is 165 Å². The third kappa shape index (κ3) is 4.14. The number of nitrogens with zero attached hydrogens (tertiary/aromatic N) is 2. The summed E-state index contributed by atoms with van der Waals surface area (Å²) >= 11 is 0. The van der Waals surface area contributed by atoms with Crippen LogP contribution >= 0.6 is 0 Å². The molecule has 5 heteroatoms. The van der Waals surface area contributed by atoms with E-state index in [1.165, 1.54) is 0 Å². The lowest BCUT2D eigenvalue weighted by atomic mass is 10.1. The number of amides is 1. The summed E-state index contributed by atoms with van der Waals surface area (Å²) in [5.74, 6) is 0.643. The lowest BCUT2D eigenvalue weighted by molar-refractivity contribution is 0.0954. The first-order valence-corrected chi connectivity index (χ1v) is 9.32. The molecule has 0 saturated heterocycles. The first kappa shape index (κ1) is 19.4. The van der Waals surface area contributed by atoms with E-state index in [4.69, 9.17) is 4.74 Å². The van der Waals surface area contributed by atoms with Crippen LogP contribution in [0.4, 0.5) is 0 Å². The van der Waals surface area contributed by atoms with Crippen LogP contribution in [0.1, 0.15) is 39.8 Å². The van der Waals surface area contributed by atoms with Gasteiger partial charge in [-0.25, -0.2) is 5.43 Å². The van der Waals surface area contributed by atoms with Crippen LogP contribution < -0.4 is 10.2 Å². The second-order valence-corrected chi connectivity index (χ2v) is 6.60. The zero-order valence-corrected chi connectivity index (χ0v) is 16.7. The van der Waals surface area contributed by atoms with E-state index in [2.05, 4.69) is 21.2 Å². The Morgan fingerprint density at radius 1 is 1.11 bits per heavy atom. The van der Waals surface area contributed by atoms with Crippen molar-refractivity contribution in [3.8, 4) is 11.4 Å². The number of aromatic nitrogens is 1. The summed E-state index contributed by atoms with van der Waals surface area (Å²) < 4.78 is 7.67. The van der Waals surface area contributed by atoms with Crippen molar-refractivity contribution in [3.63, 3.8) is 0 Å². The highest BCUT2D eigenvalue weighted by molar-refractivity contribution is 5.96. The zero-order chi connectivity index (χ0) is 20.1. The lowest BCUT2D eigenvalue weighted by Gasteiger charge is -2.11. The van der Waals surface area contributed by atoms with Crippen molar-refractivity contribution in [2.75, 3.05) is 6.61 Å². The number of carbonyl (C=O) groups excluding carboxylic acids is 1. The molecule has 28 heavy (non-hydrogen) atoms. The van der Waals surface area contributed by atoms with Gasteiger partial charge in [0.25, 0.3) is 5.91 Å². The number of hydrazone groups is 1. The molecule has 0 fully saturated rings. The Balaban J connectivity index is 1.77. The number of hydrogen-bond donors (Lipinski definition) is 1. The summed E-state index contributed by atoms with van der Waals surface area (Å²) in [6.07, 6.45) is 1.68. The van der Waals surface area contributed by atoms with Crippen molar-refractivity contribution in [2.24, 2.45) is 5.10 Å². The Kier molecular flexibility index (Phi) is 5.94. The van der Waals surface area contributed by atoms with Gasteiger partial charge >= 0.3 is 0 Å². The smallest absolute Gasteiger partial charge is 0.271 e. The van der Waals surface area contributed by atoms with Gasteiger partial charge in [-0.2, -0.15) is 5.10 Å². The Bertz CT molecular complexity index is 1000. The summed E-state index contributed by atoms with van der Waals surface area (Å²) in [6, 6.07) is 17.5. The van der Waals surface area contributed by atoms with Gasteiger partial charge in [0.15, 0.2) is 0 Å². The van der Waals surface area contributed by atoms with E-state index in [-0.39, 0.29) is 5.91 Å². The SMILES string of the molecule is CCOc1ccc(-n2c(C)cc(/C=N/NC(=O)c3ccccc3C)c2C)cc1. The van der Waals surface area contributed by atoms with Gasteiger partial charge in [0.2, 0.25) is 0 Å². The third-order valence-electron chi connectivity index (χ3n) is 4.64. The molecule has 0 aliphatic rings. The lowest BCUT2D eigenvalue weighted by Crippen LogP contribution is -2.18. The largest absolute Gasteiger partial charge is 0.494 e. The summed E-state index contributed by atoms with van der Waals surface area (Å²) in [4.78, 5) is 12.3. The number of rotatable bonds is 6. The zero-order valence-electron chi connectivity index (χ0n) is 16.7. The molecule has 2 aromatic carbocycles. The van der Waals surface area contributed by atoms with Gasteiger partial charge in [0.05, 0.1) is 12.8 Å². The van der Waals surface area contributed by atoms with Crippen LogP contribution in [0.2, 0.25) is 0 Å². The van der Waals surface area contributed by atoms with Gasteiger partial charge in [-0.3, -0.25) is 4.79 Å². The number of aryl methyl sites for hydroxylation is 2. The van der Waals surface area contributed by atoms with Crippen molar-refractivity contribution >= 4 is 12.1 Å². The maximum atomic E-state index is 12.3. The Morgan fingerprint density at radius 3 is 2.50 bits per heavy atom. The summed E-state index contributed by atoms with van der Waals surface area (Å²) in [7, 11) is 0. The molecular formula is C23H25N3O2. The van der Waals surface area contributed by atoms with E-state index in [1.54, 1.807) is 12.3 Å². The van der Waals surface area contributed by atoms with Gasteiger partial charge in [0, 0.05) is 28.2 Å². The fourth-order valence-corrected chi connectivity index (χ4v) is 3.22. The molecule has 0 bridgehead atoms. The Hall–Kier alpha value is -3.34. The molecule has 1 heterocycles. The second-order valence-electron chi connectivity index (χ2n) is 6.60. The maximum absolute atomic E-state index is 12.3. The van der Waals surface area contributed by atoms with Crippen LogP contribution in [0.5, 0.6) is 5.75 Å². The van der Waals surface area contributed by atoms with E-state index < -0.39 is 0 Å². The molecule has 0 unspecified atom stereocenters. The van der Waals surface area contributed by atoms with Crippen molar-refractivity contribution in [1.82, 2.24) is 9.99 Å². The summed E-state index contributed by atoms with van der Waals surface area (Å²) in [5.41, 5.74) is 8.31. The fourth-order valence-electron chi connectivity index (χ4n) is 3.22. The summed E-state index contributed by atoms with van der Waals surface area (Å²) in [6.45, 7) is 8.61. The highest BCUT2D eigenvalue weighted by atomic mass is 16.5. The number of benzene rings is 2. The van der Waals surface area contributed by atoms with Crippen LogP contribution in [0.15, 0.2) is 59.7 Å². The number of nitrogens with one attached hydrogen (secondary N) is 1. The average molecular weight is 375 g/mol. The molecule has 3 rings (SSSR count). The van der Waals surface area contributed by atoms with Crippen molar-refractivity contribution in [3.05, 3.63) is 82.7 Å². The minimum Gasteiger partial charge on any atom is -0.494 e. The van der Waals surface area contributed by atoms with Crippen molar-refractivity contribution in [1.29, 1.82) is 0 Å². The standard InChI is InChI=1S/C23H25N3O2/c1-5-28-21-12-10-20(11-13-21)26-17(3)14-19(18(26)4)15-24-25-23(27)22-9-7-6-8-16(22)2/h6-15H,5H2,1-4H3,(H,25,27)/b24-15+. The molecule has 3 aromatic rings. The van der Waals surface area contributed by atoms with Crippen LogP contribution in [0.3, 0.4) is 0 Å². The van der Waals surface area contributed by atoms with Crippen LogP contribution in [0, 0.1) is 20.8 Å². The van der Waals surface area contributed by atoms with Crippen LogP contribution in [-0.2, 0) is 0 Å². The third-order valence-corrected chi connectivity index (χ3v) is 4.64. The van der Waals surface area contributed by atoms with E-state index in [9.17, 15) is 4.79 Å². The minimum atomic E-state index is -0.213. The minimum absolute atomic E-state index is 0.213. The van der Waals surface area contributed by atoms with E-state index in [0.29, 0.717) is 12.2 Å². The van der Waals surface area contributed by atoms with Crippen LogP contribution in [0.25, 0.3) is 5.69 Å². The normalized spacial score (nSPS) is 11.0. The van der Waals surface area contributed by atoms with Gasteiger partial charge in [-0.05, 0) is 69.7 Å². The molecule has 0 atom stereocenters. The topological polar surface area (TPSA) is 55.6 Å².